The minimum atomic E-state index is -0.0325. The number of nitrogens with zero attached hydrogens (tertiary/aromatic N) is 2. The molecule has 1 aromatic heterocycles. The number of amides is 1. The highest BCUT2D eigenvalue weighted by Gasteiger charge is 2.22. The van der Waals surface area contributed by atoms with Crippen LogP contribution in [0.15, 0.2) is 29.6 Å². The predicted molar refractivity (Wildman–Crippen MR) is 98.3 cm³/mol. The van der Waals surface area contributed by atoms with Gasteiger partial charge in [-0.15, -0.1) is 23.7 Å². The Morgan fingerprint density at radius 1 is 1.35 bits per heavy atom. The molecule has 1 heterocycles. The summed E-state index contributed by atoms with van der Waals surface area (Å²) in [5.74, 6) is -0.0325. The smallest absolute Gasteiger partial charge is 0.273 e. The summed E-state index contributed by atoms with van der Waals surface area (Å²) in [7, 11) is 1.85. The van der Waals surface area contributed by atoms with E-state index in [1.165, 1.54) is 22.5 Å². The molecule has 0 saturated carbocycles. The maximum absolute atomic E-state index is 12.5. The zero-order chi connectivity index (χ0) is 16.1. The third-order valence-electron chi connectivity index (χ3n) is 3.88. The average Bonchev–Trinajstić information content (AvgIpc) is 3.02. The number of nitrogens with two attached hydrogens (primary N) is 1. The van der Waals surface area contributed by atoms with Gasteiger partial charge in [0.25, 0.3) is 5.91 Å². The normalized spacial score (nSPS) is 11.7. The van der Waals surface area contributed by atoms with Crippen molar-refractivity contribution in [3.63, 3.8) is 0 Å². The SMILES string of the molecule is CCC(Cc1ccc(C)cc1)N(C)C(=O)c1csc(CN)n1.Cl. The molecule has 0 aliphatic heterocycles. The van der Waals surface area contributed by atoms with Gasteiger partial charge in [0.1, 0.15) is 10.7 Å². The first-order valence-corrected chi connectivity index (χ1v) is 8.40. The quantitative estimate of drug-likeness (QED) is 0.865. The van der Waals surface area contributed by atoms with Crippen molar-refractivity contribution in [2.75, 3.05) is 7.05 Å². The van der Waals surface area contributed by atoms with Gasteiger partial charge in [0, 0.05) is 25.0 Å². The lowest BCUT2D eigenvalue weighted by Gasteiger charge is -2.27. The highest BCUT2D eigenvalue weighted by molar-refractivity contribution is 7.09. The maximum Gasteiger partial charge on any atom is 0.273 e. The Bertz CT molecular complexity index is 627. The van der Waals surface area contributed by atoms with Gasteiger partial charge in [-0.1, -0.05) is 36.8 Å². The molecule has 1 unspecified atom stereocenters. The minimum absolute atomic E-state index is 0. The zero-order valence-electron chi connectivity index (χ0n) is 13.8. The summed E-state index contributed by atoms with van der Waals surface area (Å²) in [6, 6.07) is 8.64. The molecule has 1 aromatic carbocycles. The van der Waals surface area contributed by atoms with Crippen LogP contribution in [-0.2, 0) is 13.0 Å². The van der Waals surface area contributed by atoms with Crippen molar-refractivity contribution >= 4 is 29.7 Å². The van der Waals surface area contributed by atoms with E-state index in [0.29, 0.717) is 12.2 Å². The van der Waals surface area contributed by atoms with Crippen LogP contribution in [-0.4, -0.2) is 28.9 Å². The number of thiazole rings is 1. The summed E-state index contributed by atoms with van der Waals surface area (Å²) in [6.07, 6.45) is 1.76. The van der Waals surface area contributed by atoms with E-state index in [1.807, 2.05) is 7.05 Å². The number of hydrogen-bond donors (Lipinski definition) is 1. The van der Waals surface area contributed by atoms with Crippen LogP contribution in [0.1, 0.15) is 40.0 Å². The van der Waals surface area contributed by atoms with E-state index in [1.54, 1.807) is 10.3 Å². The lowest BCUT2D eigenvalue weighted by Crippen LogP contribution is -2.38. The molecule has 0 fully saturated rings. The number of aryl methyl sites for hydroxylation is 1. The third kappa shape index (κ3) is 5.03. The van der Waals surface area contributed by atoms with Gasteiger partial charge >= 0.3 is 0 Å². The largest absolute Gasteiger partial charge is 0.337 e. The lowest BCUT2D eigenvalue weighted by molar-refractivity contribution is 0.0722. The summed E-state index contributed by atoms with van der Waals surface area (Å²) in [5.41, 5.74) is 8.55. The molecule has 2 N–H and O–H groups in total. The first-order valence-electron chi connectivity index (χ1n) is 7.52. The number of benzene rings is 1. The fraction of sp³-hybridized carbons (Fsp3) is 0.412. The van der Waals surface area contributed by atoms with Crippen molar-refractivity contribution in [3.8, 4) is 0 Å². The third-order valence-corrected chi connectivity index (χ3v) is 4.75. The van der Waals surface area contributed by atoms with Crippen molar-refractivity contribution in [2.24, 2.45) is 5.73 Å². The van der Waals surface area contributed by atoms with Gasteiger partial charge in [0.2, 0.25) is 0 Å². The molecular weight excluding hydrogens is 330 g/mol. The first kappa shape index (κ1) is 19.6. The number of rotatable bonds is 6. The van der Waals surface area contributed by atoms with E-state index in [-0.39, 0.29) is 24.4 Å². The second-order valence-electron chi connectivity index (χ2n) is 5.50. The molecule has 0 radical (unpaired) electrons. The molecule has 0 aliphatic rings. The molecule has 4 nitrogen and oxygen atoms in total. The summed E-state index contributed by atoms with van der Waals surface area (Å²) in [6.45, 7) is 4.56. The van der Waals surface area contributed by atoms with Crippen LogP contribution in [0.25, 0.3) is 0 Å². The fourth-order valence-corrected chi connectivity index (χ4v) is 3.05. The highest BCUT2D eigenvalue weighted by Crippen LogP contribution is 2.16. The van der Waals surface area contributed by atoms with Crippen molar-refractivity contribution < 1.29 is 4.79 Å². The van der Waals surface area contributed by atoms with Gasteiger partial charge in [-0.25, -0.2) is 4.98 Å². The van der Waals surface area contributed by atoms with Crippen LogP contribution in [0.2, 0.25) is 0 Å². The second kappa shape index (κ2) is 9.01. The summed E-state index contributed by atoms with van der Waals surface area (Å²) < 4.78 is 0. The van der Waals surface area contributed by atoms with Crippen LogP contribution in [0.5, 0.6) is 0 Å². The summed E-state index contributed by atoms with van der Waals surface area (Å²) in [4.78, 5) is 18.6. The van der Waals surface area contributed by atoms with Gasteiger partial charge in [-0.2, -0.15) is 0 Å². The van der Waals surface area contributed by atoms with Gasteiger partial charge in [0.05, 0.1) is 0 Å². The molecule has 6 heteroatoms. The van der Waals surface area contributed by atoms with Crippen LogP contribution in [0, 0.1) is 6.92 Å². The molecule has 0 aliphatic carbocycles. The average molecular weight is 354 g/mol. The molecule has 0 saturated heterocycles. The molecule has 1 atom stereocenters. The van der Waals surface area contributed by atoms with Crippen molar-refractivity contribution in [2.45, 2.75) is 39.3 Å². The van der Waals surface area contributed by atoms with Crippen LogP contribution >= 0.6 is 23.7 Å². The van der Waals surface area contributed by atoms with E-state index in [0.717, 1.165) is 17.8 Å². The number of carbonyl (C=O) groups excluding carboxylic acids is 1. The lowest BCUT2D eigenvalue weighted by atomic mass is 10.0. The maximum atomic E-state index is 12.5. The number of halogens is 1. The molecule has 2 rings (SSSR count). The van der Waals surface area contributed by atoms with Crippen molar-refractivity contribution in [3.05, 3.63) is 51.5 Å². The Hall–Kier alpha value is -1.43. The molecule has 2 aromatic rings. The molecule has 0 spiro atoms. The van der Waals surface area contributed by atoms with Gasteiger partial charge in [-0.3, -0.25) is 4.79 Å². The Morgan fingerprint density at radius 3 is 2.52 bits per heavy atom. The van der Waals surface area contributed by atoms with E-state index in [9.17, 15) is 4.79 Å². The van der Waals surface area contributed by atoms with E-state index in [2.05, 4.69) is 43.1 Å². The molecule has 23 heavy (non-hydrogen) atoms. The number of likely N-dealkylation sites (N-methyl/N-ethyl adjacent to an activating group) is 1. The van der Waals surface area contributed by atoms with Crippen molar-refractivity contribution in [1.29, 1.82) is 0 Å². The predicted octanol–water partition coefficient (Wildman–Crippen LogP) is 3.43. The summed E-state index contributed by atoms with van der Waals surface area (Å²) >= 11 is 1.44. The molecule has 126 valence electrons. The minimum Gasteiger partial charge on any atom is -0.337 e. The van der Waals surface area contributed by atoms with Gasteiger partial charge in [-0.05, 0) is 25.3 Å². The molecule has 0 bridgehead atoms. The van der Waals surface area contributed by atoms with E-state index < -0.39 is 0 Å². The first-order chi connectivity index (χ1) is 10.5. The van der Waals surface area contributed by atoms with E-state index >= 15 is 0 Å². The van der Waals surface area contributed by atoms with Crippen LogP contribution in [0.4, 0.5) is 0 Å². The Balaban J connectivity index is 0.00000264. The Labute approximate surface area is 148 Å². The number of hydrogen-bond acceptors (Lipinski definition) is 4. The zero-order valence-corrected chi connectivity index (χ0v) is 15.4. The van der Waals surface area contributed by atoms with Gasteiger partial charge < -0.3 is 10.6 Å². The van der Waals surface area contributed by atoms with Crippen LogP contribution < -0.4 is 5.73 Å². The standard InChI is InChI=1S/C17H23N3OS.ClH/c1-4-14(9-13-7-5-12(2)6-8-13)20(3)17(21)15-11-22-16(10-18)19-15;/h5-8,11,14H,4,9-10,18H2,1-3H3;1H. The Morgan fingerprint density at radius 2 is 2.00 bits per heavy atom. The van der Waals surface area contributed by atoms with Crippen molar-refractivity contribution in [1.82, 2.24) is 9.88 Å². The Kier molecular flexibility index (Phi) is 7.68. The van der Waals surface area contributed by atoms with Crippen LogP contribution in [0.3, 0.4) is 0 Å². The molecular formula is C17H24ClN3OS. The van der Waals surface area contributed by atoms with E-state index in [4.69, 9.17) is 5.73 Å². The van der Waals surface area contributed by atoms with Gasteiger partial charge in [0.15, 0.2) is 0 Å². The fourth-order valence-electron chi connectivity index (χ4n) is 2.40. The number of carbonyl (C=O) groups is 1. The number of aromatic nitrogens is 1. The highest BCUT2D eigenvalue weighted by atomic mass is 35.5. The monoisotopic (exact) mass is 353 g/mol. The topological polar surface area (TPSA) is 59.2 Å². The molecule has 1 amide bonds. The second-order valence-corrected chi connectivity index (χ2v) is 6.44. The summed E-state index contributed by atoms with van der Waals surface area (Å²) in [5, 5.41) is 2.59.